The number of anilines is 1. The second kappa shape index (κ2) is 7.31. The standard InChI is InChI=1S/C15H10ClF3N2O3/c16-11-6-10(15(17,18)19)7-20-13(11)21-12(22)8-24-14(23)9-4-2-1-3-5-9/h1-7H,8H2,(H,20,21,22). The van der Waals surface area contributed by atoms with Crippen LogP contribution in [0, 0.1) is 0 Å². The topological polar surface area (TPSA) is 68.3 Å². The quantitative estimate of drug-likeness (QED) is 0.849. The van der Waals surface area contributed by atoms with Crippen LogP contribution >= 0.6 is 11.6 Å². The second-order valence-corrected chi connectivity index (χ2v) is 4.95. The van der Waals surface area contributed by atoms with Gasteiger partial charge in [0.1, 0.15) is 0 Å². The predicted molar refractivity (Wildman–Crippen MR) is 79.6 cm³/mol. The fraction of sp³-hybridized carbons (Fsp3) is 0.133. The summed E-state index contributed by atoms with van der Waals surface area (Å²) >= 11 is 5.65. The molecule has 24 heavy (non-hydrogen) atoms. The number of alkyl halides is 3. The highest BCUT2D eigenvalue weighted by Crippen LogP contribution is 2.32. The van der Waals surface area contributed by atoms with Gasteiger partial charge in [-0.1, -0.05) is 29.8 Å². The highest BCUT2D eigenvalue weighted by atomic mass is 35.5. The lowest BCUT2D eigenvalue weighted by Crippen LogP contribution is -2.21. The molecule has 9 heteroatoms. The third-order valence-electron chi connectivity index (χ3n) is 2.77. The van der Waals surface area contributed by atoms with E-state index in [9.17, 15) is 22.8 Å². The van der Waals surface area contributed by atoms with Crippen molar-refractivity contribution in [2.24, 2.45) is 0 Å². The van der Waals surface area contributed by atoms with Crippen molar-refractivity contribution in [3.05, 3.63) is 58.7 Å². The van der Waals surface area contributed by atoms with Gasteiger partial charge in [-0.05, 0) is 18.2 Å². The summed E-state index contributed by atoms with van der Waals surface area (Å²) in [5, 5.41) is 1.79. The number of ether oxygens (including phenoxy) is 1. The third-order valence-corrected chi connectivity index (χ3v) is 3.06. The van der Waals surface area contributed by atoms with Gasteiger partial charge < -0.3 is 10.1 Å². The first-order chi connectivity index (χ1) is 11.3. The van der Waals surface area contributed by atoms with E-state index >= 15 is 0 Å². The molecule has 1 heterocycles. The fourth-order valence-electron chi connectivity index (χ4n) is 1.64. The van der Waals surface area contributed by atoms with Crippen LogP contribution < -0.4 is 5.32 Å². The van der Waals surface area contributed by atoms with Gasteiger partial charge in [-0.2, -0.15) is 13.2 Å². The Labute approximate surface area is 139 Å². The van der Waals surface area contributed by atoms with Gasteiger partial charge in [-0.15, -0.1) is 0 Å². The maximum atomic E-state index is 12.5. The van der Waals surface area contributed by atoms with Crippen molar-refractivity contribution in [1.82, 2.24) is 4.98 Å². The monoisotopic (exact) mass is 358 g/mol. The summed E-state index contributed by atoms with van der Waals surface area (Å²) in [6.07, 6.45) is -4.05. The first-order valence-corrected chi connectivity index (χ1v) is 6.90. The average Bonchev–Trinajstić information content (AvgIpc) is 2.54. The zero-order valence-electron chi connectivity index (χ0n) is 11.9. The maximum Gasteiger partial charge on any atom is 0.417 e. The maximum absolute atomic E-state index is 12.5. The van der Waals surface area contributed by atoms with Gasteiger partial charge in [0.15, 0.2) is 12.4 Å². The molecule has 1 amide bonds. The number of rotatable bonds is 4. The Morgan fingerprint density at radius 3 is 2.46 bits per heavy atom. The van der Waals surface area contributed by atoms with Gasteiger partial charge in [-0.25, -0.2) is 9.78 Å². The van der Waals surface area contributed by atoms with Crippen molar-refractivity contribution in [2.45, 2.75) is 6.18 Å². The van der Waals surface area contributed by atoms with Gasteiger partial charge in [0, 0.05) is 6.20 Å². The molecule has 0 saturated carbocycles. The fourth-order valence-corrected chi connectivity index (χ4v) is 1.86. The zero-order chi connectivity index (χ0) is 17.7. The Morgan fingerprint density at radius 2 is 1.88 bits per heavy atom. The second-order valence-electron chi connectivity index (χ2n) is 4.54. The molecule has 5 nitrogen and oxygen atoms in total. The lowest BCUT2D eigenvalue weighted by atomic mass is 10.2. The lowest BCUT2D eigenvalue weighted by molar-refractivity contribution is -0.137. The summed E-state index contributed by atoms with van der Waals surface area (Å²) in [4.78, 5) is 26.8. The van der Waals surface area contributed by atoms with E-state index in [1.54, 1.807) is 18.2 Å². The van der Waals surface area contributed by atoms with Crippen molar-refractivity contribution in [2.75, 3.05) is 11.9 Å². The molecule has 1 aromatic carbocycles. The number of carbonyl (C=O) groups is 2. The van der Waals surface area contributed by atoms with E-state index in [-0.39, 0.29) is 16.4 Å². The van der Waals surface area contributed by atoms with Crippen LogP contribution in [-0.4, -0.2) is 23.5 Å². The molecule has 0 radical (unpaired) electrons. The van der Waals surface area contributed by atoms with Crippen LogP contribution in [0.25, 0.3) is 0 Å². The predicted octanol–water partition coefficient (Wildman–Crippen LogP) is 3.55. The molecule has 126 valence electrons. The molecule has 0 unspecified atom stereocenters. The van der Waals surface area contributed by atoms with E-state index in [1.165, 1.54) is 12.1 Å². The molecule has 0 aliphatic heterocycles. The number of esters is 1. The highest BCUT2D eigenvalue weighted by molar-refractivity contribution is 6.33. The third kappa shape index (κ3) is 4.69. The van der Waals surface area contributed by atoms with Crippen molar-refractivity contribution < 1.29 is 27.5 Å². The Kier molecular flexibility index (Phi) is 5.40. The number of nitrogens with zero attached hydrogens (tertiary/aromatic N) is 1. The number of aromatic nitrogens is 1. The molecular weight excluding hydrogens is 349 g/mol. The summed E-state index contributed by atoms with van der Waals surface area (Å²) < 4.78 is 42.2. The number of halogens is 4. The van der Waals surface area contributed by atoms with Crippen LogP contribution in [0.4, 0.5) is 19.0 Å². The molecule has 0 fully saturated rings. The molecule has 1 N–H and O–H groups in total. The minimum Gasteiger partial charge on any atom is -0.452 e. The SMILES string of the molecule is O=C(COC(=O)c1ccccc1)Nc1ncc(C(F)(F)F)cc1Cl. The Morgan fingerprint density at radius 1 is 1.21 bits per heavy atom. The van der Waals surface area contributed by atoms with E-state index in [0.29, 0.717) is 12.3 Å². The molecule has 2 rings (SSSR count). The number of pyridine rings is 1. The molecule has 1 aromatic heterocycles. The van der Waals surface area contributed by atoms with Crippen LogP contribution in [0.5, 0.6) is 0 Å². The normalized spacial score (nSPS) is 11.0. The summed E-state index contributed by atoms with van der Waals surface area (Å²) in [5.41, 5.74) is -0.781. The summed E-state index contributed by atoms with van der Waals surface area (Å²) in [6, 6.07) is 8.62. The summed E-state index contributed by atoms with van der Waals surface area (Å²) in [5.74, 6) is -1.75. The number of nitrogens with one attached hydrogen (secondary N) is 1. The zero-order valence-corrected chi connectivity index (χ0v) is 12.7. The van der Waals surface area contributed by atoms with Crippen LogP contribution in [0.3, 0.4) is 0 Å². The van der Waals surface area contributed by atoms with Gasteiger partial charge in [0.2, 0.25) is 0 Å². The minimum absolute atomic E-state index is 0.259. The highest BCUT2D eigenvalue weighted by Gasteiger charge is 2.31. The molecule has 0 aliphatic carbocycles. The van der Waals surface area contributed by atoms with Crippen molar-refractivity contribution >= 4 is 29.3 Å². The Bertz CT molecular complexity index is 751. The lowest BCUT2D eigenvalue weighted by Gasteiger charge is -2.10. The number of benzene rings is 1. The molecule has 0 saturated heterocycles. The van der Waals surface area contributed by atoms with Crippen LogP contribution in [0.15, 0.2) is 42.6 Å². The molecule has 0 spiro atoms. The number of amides is 1. The smallest absolute Gasteiger partial charge is 0.417 e. The Balaban J connectivity index is 1.94. The van der Waals surface area contributed by atoms with E-state index in [4.69, 9.17) is 16.3 Å². The number of hydrogen-bond acceptors (Lipinski definition) is 4. The largest absolute Gasteiger partial charge is 0.452 e. The Hall–Kier alpha value is -2.61. The van der Waals surface area contributed by atoms with Gasteiger partial charge >= 0.3 is 12.1 Å². The molecule has 0 atom stereocenters. The average molecular weight is 359 g/mol. The molecule has 0 aliphatic rings. The van der Waals surface area contributed by atoms with Crippen LogP contribution in [0.1, 0.15) is 15.9 Å². The van der Waals surface area contributed by atoms with E-state index in [2.05, 4.69) is 10.3 Å². The van der Waals surface area contributed by atoms with Crippen LogP contribution in [-0.2, 0) is 15.7 Å². The molecular formula is C15H10ClF3N2O3. The number of carbonyl (C=O) groups excluding carboxylic acids is 2. The first-order valence-electron chi connectivity index (χ1n) is 6.52. The van der Waals surface area contributed by atoms with E-state index in [0.717, 1.165) is 0 Å². The van der Waals surface area contributed by atoms with Crippen molar-refractivity contribution in [1.29, 1.82) is 0 Å². The summed E-state index contributed by atoms with van der Waals surface area (Å²) in [7, 11) is 0. The van der Waals surface area contributed by atoms with Crippen LogP contribution in [0.2, 0.25) is 5.02 Å². The first kappa shape index (κ1) is 17.7. The number of hydrogen-bond donors (Lipinski definition) is 1. The van der Waals surface area contributed by atoms with Gasteiger partial charge in [0.25, 0.3) is 5.91 Å². The molecule has 0 bridgehead atoms. The van der Waals surface area contributed by atoms with Gasteiger partial charge in [0.05, 0.1) is 16.1 Å². The van der Waals surface area contributed by atoms with E-state index in [1.807, 2.05) is 0 Å². The van der Waals surface area contributed by atoms with Crippen molar-refractivity contribution in [3.8, 4) is 0 Å². The minimum atomic E-state index is -4.59. The van der Waals surface area contributed by atoms with E-state index < -0.39 is 30.2 Å². The van der Waals surface area contributed by atoms with Gasteiger partial charge in [-0.3, -0.25) is 4.79 Å². The molecule has 2 aromatic rings. The summed E-state index contributed by atoms with van der Waals surface area (Å²) in [6.45, 7) is -0.632. The van der Waals surface area contributed by atoms with Crippen molar-refractivity contribution in [3.63, 3.8) is 0 Å².